The molecule has 0 unspecified atom stereocenters. The van der Waals surface area contributed by atoms with Crippen LogP contribution in [-0.4, -0.2) is 30.9 Å². The van der Waals surface area contributed by atoms with Crippen molar-refractivity contribution in [1.82, 2.24) is 20.2 Å². The molecule has 6 heteroatoms. The molecule has 0 atom stereocenters. The normalized spacial score (nSPS) is 11.8. The molecule has 102 valence electrons. The van der Waals surface area contributed by atoms with Crippen LogP contribution in [0.25, 0.3) is 11.4 Å². The highest BCUT2D eigenvalue weighted by Crippen LogP contribution is 2.24. The van der Waals surface area contributed by atoms with Crippen molar-refractivity contribution in [3.05, 3.63) is 28.7 Å². The zero-order valence-corrected chi connectivity index (χ0v) is 12.6. The van der Waals surface area contributed by atoms with Crippen molar-refractivity contribution in [3.63, 3.8) is 0 Å². The van der Waals surface area contributed by atoms with Gasteiger partial charge in [-0.25, -0.2) is 0 Å². The largest absolute Gasteiger partial charge is 0.388 e. The minimum atomic E-state index is -0.772. The lowest BCUT2D eigenvalue weighted by Crippen LogP contribution is -2.33. The second kappa shape index (κ2) is 5.79. The van der Waals surface area contributed by atoms with Gasteiger partial charge in [0.25, 0.3) is 0 Å². The molecule has 0 aliphatic heterocycles. The molecule has 0 aliphatic rings. The predicted octanol–water partition coefficient (Wildman–Crippen LogP) is 2.65. The molecule has 0 bridgehead atoms. The summed E-state index contributed by atoms with van der Waals surface area (Å²) in [6, 6.07) is 7.72. The monoisotopic (exact) mass is 324 g/mol. The molecule has 0 saturated carbocycles. The Morgan fingerprint density at radius 2 is 1.95 bits per heavy atom. The fraction of sp³-hybridized carbons (Fsp3) is 0.462. The zero-order chi connectivity index (χ0) is 13.9. The van der Waals surface area contributed by atoms with Gasteiger partial charge in [-0.3, -0.25) is 0 Å². The fourth-order valence-electron chi connectivity index (χ4n) is 1.80. The van der Waals surface area contributed by atoms with Crippen LogP contribution in [0.4, 0.5) is 0 Å². The van der Waals surface area contributed by atoms with E-state index in [1.165, 1.54) is 4.80 Å². The topological polar surface area (TPSA) is 63.8 Å². The SMILES string of the molecule is CCC(O)(CC)Cn1nnc(-c2ccccc2Br)n1. The van der Waals surface area contributed by atoms with Gasteiger partial charge in [0.2, 0.25) is 5.82 Å². The number of benzene rings is 1. The highest BCUT2D eigenvalue weighted by Gasteiger charge is 2.24. The average Bonchev–Trinajstić information content (AvgIpc) is 2.87. The first kappa shape index (κ1) is 14.1. The molecule has 1 N–H and O–H groups in total. The fourth-order valence-corrected chi connectivity index (χ4v) is 2.26. The minimum absolute atomic E-state index is 0.359. The third-order valence-corrected chi connectivity index (χ3v) is 4.01. The van der Waals surface area contributed by atoms with Crippen molar-refractivity contribution in [2.45, 2.75) is 38.8 Å². The molecule has 0 saturated heterocycles. The average molecular weight is 325 g/mol. The Bertz CT molecular complexity index is 551. The zero-order valence-electron chi connectivity index (χ0n) is 11.0. The molecular weight excluding hydrogens is 308 g/mol. The van der Waals surface area contributed by atoms with E-state index < -0.39 is 5.60 Å². The van der Waals surface area contributed by atoms with Gasteiger partial charge in [-0.1, -0.05) is 41.9 Å². The molecule has 1 aromatic heterocycles. The van der Waals surface area contributed by atoms with Gasteiger partial charge in [0.05, 0.1) is 12.1 Å². The first-order valence-corrected chi connectivity index (χ1v) is 7.12. The highest BCUT2D eigenvalue weighted by atomic mass is 79.9. The smallest absolute Gasteiger partial charge is 0.206 e. The predicted molar refractivity (Wildman–Crippen MR) is 76.5 cm³/mol. The van der Waals surface area contributed by atoms with E-state index in [9.17, 15) is 5.11 Å². The quantitative estimate of drug-likeness (QED) is 0.918. The lowest BCUT2D eigenvalue weighted by atomic mass is 9.98. The van der Waals surface area contributed by atoms with Crippen molar-refractivity contribution in [2.75, 3.05) is 0 Å². The van der Waals surface area contributed by atoms with Gasteiger partial charge in [-0.2, -0.15) is 4.80 Å². The number of halogens is 1. The van der Waals surface area contributed by atoms with Gasteiger partial charge < -0.3 is 5.11 Å². The van der Waals surface area contributed by atoms with Crippen LogP contribution in [0.1, 0.15) is 26.7 Å². The van der Waals surface area contributed by atoms with Crippen LogP contribution in [0.3, 0.4) is 0 Å². The van der Waals surface area contributed by atoms with Crippen LogP contribution in [-0.2, 0) is 6.54 Å². The number of tetrazole rings is 1. The van der Waals surface area contributed by atoms with Crippen molar-refractivity contribution in [3.8, 4) is 11.4 Å². The molecule has 0 aliphatic carbocycles. The Labute approximate surface area is 120 Å². The summed E-state index contributed by atoms with van der Waals surface area (Å²) in [5.74, 6) is 0.557. The third kappa shape index (κ3) is 3.19. The Morgan fingerprint density at radius 3 is 2.58 bits per heavy atom. The van der Waals surface area contributed by atoms with Gasteiger partial charge in [-0.15, -0.1) is 10.2 Å². The third-order valence-electron chi connectivity index (χ3n) is 3.32. The molecule has 2 aromatic rings. The van der Waals surface area contributed by atoms with Gasteiger partial charge in [-0.05, 0) is 30.2 Å². The number of hydrogen-bond donors (Lipinski definition) is 1. The molecule has 0 amide bonds. The first-order chi connectivity index (χ1) is 9.08. The second-order valence-corrected chi connectivity index (χ2v) is 5.41. The molecule has 2 rings (SSSR count). The Hall–Kier alpha value is -1.27. The first-order valence-electron chi connectivity index (χ1n) is 6.33. The summed E-state index contributed by atoms with van der Waals surface area (Å²) in [6.07, 6.45) is 1.32. The van der Waals surface area contributed by atoms with Crippen LogP contribution in [0.2, 0.25) is 0 Å². The number of aliphatic hydroxyl groups is 1. The Morgan fingerprint density at radius 1 is 1.26 bits per heavy atom. The minimum Gasteiger partial charge on any atom is -0.388 e. The molecular formula is C13H17BrN4O. The van der Waals surface area contributed by atoms with E-state index in [4.69, 9.17) is 0 Å². The van der Waals surface area contributed by atoms with Crippen molar-refractivity contribution in [1.29, 1.82) is 0 Å². The summed E-state index contributed by atoms with van der Waals surface area (Å²) < 4.78 is 0.927. The number of aromatic nitrogens is 4. The number of hydrogen-bond acceptors (Lipinski definition) is 4. The van der Waals surface area contributed by atoms with Gasteiger partial charge in [0.1, 0.15) is 0 Å². The van der Waals surface area contributed by atoms with E-state index in [1.807, 2.05) is 38.1 Å². The summed E-state index contributed by atoms with van der Waals surface area (Å²) in [6.45, 7) is 4.27. The van der Waals surface area contributed by atoms with Gasteiger partial charge >= 0.3 is 0 Å². The van der Waals surface area contributed by atoms with Crippen LogP contribution in [0.5, 0.6) is 0 Å². The summed E-state index contributed by atoms with van der Waals surface area (Å²) in [4.78, 5) is 1.46. The van der Waals surface area contributed by atoms with E-state index in [2.05, 4.69) is 31.3 Å². The van der Waals surface area contributed by atoms with E-state index in [1.54, 1.807) is 0 Å². The molecule has 1 heterocycles. The Balaban J connectivity index is 2.23. The van der Waals surface area contributed by atoms with E-state index in [0.29, 0.717) is 25.2 Å². The number of rotatable bonds is 5. The number of nitrogens with zero attached hydrogens (tertiary/aromatic N) is 4. The van der Waals surface area contributed by atoms with Gasteiger partial charge in [0, 0.05) is 10.0 Å². The van der Waals surface area contributed by atoms with Crippen molar-refractivity contribution in [2.24, 2.45) is 0 Å². The van der Waals surface area contributed by atoms with E-state index >= 15 is 0 Å². The summed E-state index contributed by atoms with van der Waals surface area (Å²) in [5, 5.41) is 22.7. The maximum atomic E-state index is 10.3. The second-order valence-electron chi connectivity index (χ2n) is 4.55. The van der Waals surface area contributed by atoms with E-state index in [0.717, 1.165) is 10.0 Å². The molecule has 5 nitrogen and oxygen atoms in total. The maximum Gasteiger partial charge on any atom is 0.206 e. The Kier molecular flexibility index (Phi) is 4.31. The summed E-state index contributed by atoms with van der Waals surface area (Å²) >= 11 is 3.46. The lowest BCUT2D eigenvalue weighted by molar-refractivity contribution is 0.00764. The molecule has 0 spiro atoms. The summed E-state index contributed by atoms with van der Waals surface area (Å²) in [7, 11) is 0. The van der Waals surface area contributed by atoms with Crippen molar-refractivity contribution >= 4 is 15.9 Å². The standard InChI is InChI=1S/C13H17BrN4O/c1-3-13(19,4-2)9-18-16-12(15-17-18)10-7-5-6-8-11(10)14/h5-8,19H,3-4,9H2,1-2H3. The molecule has 19 heavy (non-hydrogen) atoms. The van der Waals surface area contributed by atoms with E-state index in [-0.39, 0.29) is 0 Å². The summed E-state index contributed by atoms with van der Waals surface area (Å²) in [5.41, 5.74) is 0.122. The van der Waals surface area contributed by atoms with Crippen LogP contribution in [0.15, 0.2) is 28.7 Å². The van der Waals surface area contributed by atoms with Crippen LogP contribution in [0, 0.1) is 0 Å². The van der Waals surface area contributed by atoms with Crippen molar-refractivity contribution < 1.29 is 5.11 Å². The van der Waals surface area contributed by atoms with Gasteiger partial charge in [0.15, 0.2) is 0 Å². The maximum absolute atomic E-state index is 10.3. The molecule has 0 fully saturated rings. The van der Waals surface area contributed by atoms with Crippen LogP contribution < -0.4 is 0 Å². The highest BCUT2D eigenvalue weighted by molar-refractivity contribution is 9.10. The molecule has 0 radical (unpaired) electrons. The molecule has 1 aromatic carbocycles. The van der Waals surface area contributed by atoms with Crippen LogP contribution >= 0.6 is 15.9 Å². The lowest BCUT2D eigenvalue weighted by Gasteiger charge is -2.23.